The Kier molecular flexibility index (Phi) is 5.10. The van der Waals surface area contributed by atoms with E-state index in [1.807, 2.05) is 38.1 Å². The van der Waals surface area contributed by atoms with Gasteiger partial charge >= 0.3 is 5.69 Å². The standard InChI is InChI=1S/C14H16N4O2S/c1-3-8-15-14-16-9-11(18(19)20)13(17-14)21-12-7-5-4-6-10(12)2/h4-7,9H,3,8H2,1-2H3,(H,15,16,17). The van der Waals surface area contributed by atoms with Crippen LogP contribution in [0.2, 0.25) is 0 Å². The second-order valence-electron chi connectivity index (χ2n) is 4.44. The summed E-state index contributed by atoms with van der Waals surface area (Å²) in [7, 11) is 0. The van der Waals surface area contributed by atoms with Crippen LogP contribution in [-0.4, -0.2) is 21.4 Å². The molecule has 0 amide bonds. The van der Waals surface area contributed by atoms with Gasteiger partial charge in [0.25, 0.3) is 0 Å². The van der Waals surface area contributed by atoms with Crippen LogP contribution in [0.3, 0.4) is 0 Å². The third kappa shape index (κ3) is 3.91. The number of nitrogens with zero attached hydrogens (tertiary/aromatic N) is 3. The molecule has 0 bridgehead atoms. The monoisotopic (exact) mass is 304 g/mol. The molecule has 1 heterocycles. The lowest BCUT2D eigenvalue weighted by atomic mass is 10.2. The second kappa shape index (κ2) is 7.03. The summed E-state index contributed by atoms with van der Waals surface area (Å²) in [5, 5.41) is 14.5. The molecule has 110 valence electrons. The van der Waals surface area contributed by atoms with Gasteiger partial charge in [-0.15, -0.1) is 0 Å². The molecular weight excluding hydrogens is 288 g/mol. The van der Waals surface area contributed by atoms with E-state index in [-0.39, 0.29) is 5.69 Å². The predicted molar refractivity (Wildman–Crippen MR) is 82.8 cm³/mol. The molecule has 0 atom stereocenters. The van der Waals surface area contributed by atoms with E-state index in [1.165, 1.54) is 18.0 Å². The van der Waals surface area contributed by atoms with E-state index < -0.39 is 4.92 Å². The number of benzene rings is 1. The summed E-state index contributed by atoms with van der Waals surface area (Å²) in [6.45, 7) is 4.72. The van der Waals surface area contributed by atoms with Gasteiger partial charge in [0.05, 0.1) is 4.92 Å². The Hall–Kier alpha value is -2.15. The molecule has 0 saturated heterocycles. The zero-order valence-electron chi connectivity index (χ0n) is 11.9. The van der Waals surface area contributed by atoms with Crippen LogP contribution in [0.5, 0.6) is 0 Å². The zero-order valence-corrected chi connectivity index (χ0v) is 12.7. The number of hydrogen-bond acceptors (Lipinski definition) is 6. The van der Waals surface area contributed by atoms with Gasteiger partial charge in [0.15, 0.2) is 5.03 Å². The smallest absolute Gasteiger partial charge is 0.320 e. The maximum absolute atomic E-state index is 11.1. The fourth-order valence-corrected chi connectivity index (χ4v) is 2.61. The predicted octanol–water partition coefficient (Wildman–Crippen LogP) is 3.67. The van der Waals surface area contributed by atoms with Crippen molar-refractivity contribution in [1.82, 2.24) is 9.97 Å². The molecule has 2 aromatic rings. The SMILES string of the molecule is CCCNc1ncc([N+](=O)[O-])c(Sc2ccccc2C)n1. The number of aryl methyl sites for hydroxylation is 1. The molecule has 2 rings (SSSR count). The third-order valence-corrected chi connectivity index (χ3v) is 3.94. The van der Waals surface area contributed by atoms with E-state index in [0.717, 1.165) is 23.4 Å². The van der Waals surface area contributed by atoms with Crippen LogP contribution in [0.1, 0.15) is 18.9 Å². The Bertz CT molecular complexity index is 649. The molecule has 0 radical (unpaired) electrons. The quantitative estimate of drug-likeness (QED) is 0.498. The van der Waals surface area contributed by atoms with Gasteiger partial charge in [0.2, 0.25) is 5.95 Å². The van der Waals surface area contributed by atoms with Gasteiger partial charge in [0.1, 0.15) is 6.20 Å². The number of hydrogen-bond donors (Lipinski definition) is 1. The molecule has 0 saturated carbocycles. The molecule has 6 nitrogen and oxygen atoms in total. The van der Waals surface area contributed by atoms with Crippen molar-refractivity contribution in [2.24, 2.45) is 0 Å². The molecule has 0 spiro atoms. The van der Waals surface area contributed by atoms with Gasteiger partial charge < -0.3 is 5.32 Å². The lowest BCUT2D eigenvalue weighted by Crippen LogP contribution is -2.06. The minimum atomic E-state index is -0.454. The highest BCUT2D eigenvalue weighted by Gasteiger charge is 2.19. The number of nitrogens with one attached hydrogen (secondary N) is 1. The minimum Gasteiger partial charge on any atom is -0.354 e. The minimum absolute atomic E-state index is 0.0784. The van der Waals surface area contributed by atoms with E-state index in [4.69, 9.17) is 0 Å². The summed E-state index contributed by atoms with van der Waals surface area (Å²) in [5.41, 5.74) is 0.976. The normalized spacial score (nSPS) is 10.4. The highest BCUT2D eigenvalue weighted by Crippen LogP contribution is 2.34. The first-order chi connectivity index (χ1) is 10.1. The van der Waals surface area contributed by atoms with Crippen LogP contribution in [0.25, 0.3) is 0 Å². The molecule has 0 aliphatic heterocycles. The van der Waals surface area contributed by atoms with Crippen LogP contribution < -0.4 is 5.32 Å². The Balaban J connectivity index is 2.34. The van der Waals surface area contributed by atoms with Crippen molar-refractivity contribution in [2.45, 2.75) is 30.2 Å². The third-order valence-electron chi connectivity index (χ3n) is 2.77. The highest BCUT2D eigenvalue weighted by molar-refractivity contribution is 7.99. The molecule has 21 heavy (non-hydrogen) atoms. The summed E-state index contributed by atoms with van der Waals surface area (Å²) < 4.78 is 0. The molecule has 1 aromatic carbocycles. The summed E-state index contributed by atoms with van der Waals surface area (Å²) in [5.74, 6) is 0.415. The highest BCUT2D eigenvalue weighted by atomic mass is 32.2. The Labute approximate surface area is 127 Å². The van der Waals surface area contributed by atoms with Crippen molar-refractivity contribution in [1.29, 1.82) is 0 Å². The molecule has 0 aliphatic rings. The van der Waals surface area contributed by atoms with E-state index in [2.05, 4.69) is 15.3 Å². The average Bonchev–Trinajstić information content (AvgIpc) is 2.47. The van der Waals surface area contributed by atoms with E-state index in [1.54, 1.807) is 0 Å². The Morgan fingerprint density at radius 2 is 2.14 bits per heavy atom. The van der Waals surface area contributed by atoms with Crippen LogP contribution in [0, 0.1) is 17.0 Å². The fourth-order valence-electron chi connectivity index (χ4n) is 1.66. The first-order valence-corrected chi connectivity index (χ1v) is 7.42. The second-order valence-corrected chi connectivity index (χ2v) is 5.47. The summed E-state index contributed by atoms with van der Waals surface area (Å²) in [6.07, 6.45) is 2.19. The Morgan fingerprint density at radius 3 is 2.81 bits per heavy atom. The number of nitro groups is 1. The first kappa shape index (κ1) is 15.2. The van der Waals surface area contributed by atoms with E-state index >= 15 is 0 Å². The molecule has 0 unspecified atom stereocenters. The largest absolute Gasteiger partial charge is 0.354 e. The van der Waals surface area contributed by atoms with Crippen molar-refractivity contribution in [2.75, 3.05) is 11.9 Å². The van der Waals surface area contributed by atoms with Crippen molar-refractivity contribution in [3.05, 3.63) is 46.1 Å². The van der Waals surface area contributed by atoms with Crippen LogP contribution in [0.4, 0.5) is 11.6 Å². The molecule has 1 N–H and O–H groups in total. The van der Waals surface area contributed by atoms with Crippen molar-refractivity contribution >= 4 is 23.4 Å². The zero-order chi connectivity index (χ0) is 15.2. The van der Waals surface area contributed by atoms with Crippen molar-refractivity contribution in [3.63, 3.8) is 0 Å². The van der Waals surface area contributed by atoms with Gasteiger partial charge in [-0.25, -0.2) is 4.98 Å². The van der Waals surface area contributed by atoms with Gasteiger partial charge in [0, 0.05) is 11.4 Å². The average molecular weight is 304 g/mol. The van der Waals surface area contributed by atoms with Crippen LogP contribution >= 0.6 is 11.8 Å². The van der Waals surface area contributed by atoms with Gasteiger partial charge in [-0.05, 0) is 25.0 Å². The number of anilines is 1. The summed E-state index contributed by atoms with van der Waals surface area (Å²) in [6, 6.07) is 7.72. The molecular formula is C14H16N4O2S. The summed E-state index contributed by atoms with van der Waals surface area (Å²) in [4.78, 5) is 19.9. The molecule has 7 heteroatoms. The lowest BCUT2D eigenvalue weighted by molar-refractivity contribution is -0.388. The van der Waals surface area contributed by atoms with Crippen molar-refractivity contribution in [3.8, 4) is 0 Å². The van der Waals surface area contributed by atoms with Gasteiger partial charge in [-0.1, -0.05) is 36.9 Å². The van der Waals surface area contributed by atoms with Gasteiger partial charge in [-0.3, -0.25) is 10.1 Å². The molecule has 0 aliphatic carbocycles. The van der Waals surface area contributed by atoms with E-state index in [9.17, 15) is 10.1 Å². The number of rotatable bonds is 6. The van der Waals surface area contributed by atoms with Crippen molar-refractivity contribution < 1.29 is 4.92 Å². The molecule has 1 aromatic heterocycles. The number of aromatic nitrogens is 2. The maximum Gasteiger partial charge on any atom is 0.320 e. The topological polar surface area (TPSA) is 81.0 Å². The maximum atomic E-state index is 11.1. The lowest BCUT2D eigenvalue weighted by Gasteiger charge is -2.07. The first-order valence-electron chi connectivity index (χ1n) is 6.60. The van der Waals surface area contributed by atoms with Crippen LogP contribution in [-0.2, 0) is 0 Å². The van der Waals surface area contributed by atoms with Crippen LogP contribution in [0.15, 0.2) is 40.4 Å². The fraction of sp³-hybridized carbons (Fsp3) is 0.286. The van der Waals surface area contributed by atoms with Gasteiger partial charge in [-0.2, -0.15) is 4.98 Å². The molecule has 0 fully saturated rings. The summed E-state index contributed by atoms with van der Waals surface area (Å²) >= 11 is 1.28. The van der Waals surface area contributed by atoms with E-state index in [0.29, 0.717) is 11.0 Å². The Morgan fingerprint density at radius 1 is 1.38 bits per heavy atom.